The molecule has 0 radical (unpaired) electrons. The highest BCUT2D eigenvalue weighted by atomic mass is 16.5. The molecule has 0 aromatic carbocycles. The summed E-state index contributed by atoms with van der Waals surface area (Å²) in [5.74, 6) is 0.878. The molecule has 3 rings (SSSR count). The van der Waals surface area contributed by atoms with Gasteiger partial charge in [0, 0.05) is 18.2 Å². The predicted octanol–water partition coefficient (Wildman–Crippen LogP) is 1.94. The molecular formula is C11H21NO. The fourth-order valence-corrected chi connectivity index (χ4v) is 3.16. The van der Waals surface area contributed by atoms with Crippen molar-refractivity contribution in [2.45, 2.75) is 57.7 Å². The number of fused-ring (bicyclic) bond motifs is 2. The van der Waals surface area contributed by atoms with Gasteiger partial charge in [0.05, 0.1) is 6.10 Å². The first kappa shape index (κ1) is 9.47. The lowest BCUT2D eigenvalue weighted by atomic mass is 9.64. The van der Waals surface area contributed by atoms with Gasteiger partial charge in [-0.25, -0.2) is 0 Å². The number of hydrogen-bond acceptors (Lipinski definition) is 2. The Morgan fingerprint density at radius 1 is 1.54 bits per heavy atom. The second-order valence-electron chi connectivity index (χ2n) is 4.84. The average Bonchev–Trinajstić information content (AvgIpc) is 2.02. The van der Waals surface area contributed by atoms with Crippen molar-refractivity contribution in [1.29, 1.82) is 0 Å². The molecule has 3 fully saturated rings. The van der Waals surface area contributed by atoms with Gasteiger partial charge < -0.3 is 10.1 Å². The van der Waals surface area contributed by atoms with Crippen molar-refractivity contribution in [1.82, 2.24) is 5.32 Å². The van der Waals surface area contributed by atoms with Gasteiger partial charge in [0.25, 0.3) is 0 Å². The molecule has 4 unspecified atom stereocenters. The summed E-state index contributed by atoms with van der Waals surface area (Å²) in [5.41, 5.74) is 0.332. The molecule has 2 heterocycles. The van der Waals surface area contributed by atoms with E-state index in [4.69, 9.17) is 4.74 Å². The fraction of sp³-hybridized carbons (Fsp3) is 1.00. The van der Waals surface area contributed by atoms with E-state index >= 15 is 0 Å². The maximum absolute atomic E-state index is 5.71. The number of rotatable bonds is 3. The van der Waals surface area contributed by atoms with E-state index in [1.807, 2.05) is 0 Å². The van der Waals surface area contributed by atoms with Gasteiger partial charge in [0.15, 0.2) is 0 Å². The Hall–Kier alpha value is -0.0800. The van der Waals surface area contributed by atoms with Crippen molar-refractivity contribution >= 4 is 0 Å². The zero-order valence-electron chi connectivity index (χ0n) is 8.97. The molecule has 13 heavy (non-hydrogen) atoms. The van der Waals surface area contributed by atoms with Gasteiger partial charge in [-0.1, -0.05) is 6.92 Å². The van der Waals surface area contributed by atoms with Gasteiger partial charge in [-0.15, -0.1) is 0 Å². The van der Waals surface area contributed by atoms with Crippen molar-refractivity contribution < 1.29 is 4.74 Å². The standard InChI is InChI=1S/C11H21NO/c1-4-13-9(3)11-6-8(2)5-10(7-11)12-11/h8-10,12H,4-7H2,1-3H3. The van der Waals surface area contributed by atoms with E-state index in [1.54, 1.807) is 0 Å². The van der Waals surface area contributed by atoms with Gasteiger partial charge >= 0.3 is 0 Å². The first-order valence-corrected chi connectivity index (χ1v) is 5.55. The van der Waals surface area contributed by atoms with E-state index in [1.165, 1.54) is 19.3 Å². The van der Waals surface area contributed by atoms with Gasteiger partial charge in [0.1, 0.15) is 0 Å². The minimum absolute atomic E-state index is 0.332. The Morgan fingerprint density at radius 2 is 2.23 bits per heavy atom. The monoisotopic (exact) mass is 183 g/mol. The highest BCUT2D eigenvalue weighted by molar-refractivity contribution is 5.11. The summed E-state index contributed by atoms with van der Waals surface area (Å²) in [7, 11) is 0. The molecule has 2 bridgehead atoms. The number of ether oxygens (including phenoxy) is 1. The lowest BCUT2D eigenvalue weighted by Gasteiger charge is -2.58. The number of piperidine rings is 1. The molecule has 2 nitrogen and oxygen atoms in total. The Kier molecular flexibility index (Phi) is 2.37. The fourth-order valence-electron chi connectivity index (χ4n) is 3.16. The molecule has 76 valence electrons. The van der Waals surface area contributed by atoms with E-state index in [9.17, 15) is 0 Å². The minimum atomic E-state index is 0.332. The van der Waals surface area contributed by atoms with Crippen LogP contribution in [0.1, 0.15) is 40.0 Å². The molecule has 1 aliphatic carbocycles. The molecule has 0 spiro atoms. The van der Waals surface area contributed by atoms with Crippen LogP contribution in [0.3, 0.4) is 0 Å². The van der Waals surface area contributed by atoms with Gasteiger partial charge in [-0.3, -0.25) is 0 Å². The Balaban J connectivity index is 1.97. The third kappa shape index (κ3) is 1.50. The van der Waals surface area contributed by atoms with Crippen LogP contribution in [0.2, 0.25) is 0 Å². The smallest absolute Gasteiger partial charge is 0.0729 e. The van der Waals surface area contributed by atoms with Crippen LogP contribution in [0.25, 0.3) is 0 Å². The van der Waals surface area contributed by atoms with Crippen molar-refractivity contribution in [3.05, 3.63) is 0 Å². The Labute approximate surface area is 81.0 Å². The molecule has 0 aromatic rings. The highest BCUT2D eigenvalue weighted by Gasteiger charge is 2.52. The normalized spacial score (nSPS) is 45.5. The van der Waals surface area contributed by atoms with Crippen LogP contribution < -0.4 is 5.32 Å². The van der Waals surface area contributed by atoms with Crippen LogP contribution in [0, 0.1) is 5.92 Å². The number of nitrogens with one attached hydrogen (secondary N) is 1. The first-order valence-electron chi connectivity index (χ1n) is 5.55. The molecule has 2 heteroatoms. The van der Waals surface area contributed by atoms with Crippen LogP contribution in [-0.4, -0.2) is 24.3 Å². The molecular weight excluding hydrogens is 162 g/mol. The molecule has 4 atom stereocenters. The molecule has 3 aliphatic rings. The van der Waals surface area contributed by atoms with Crippen molar-refractivity contribution in [2.75, 3.05) is 6.61 Å². The van der Waals surface area contributed by atoms with Gasteiger partial charge in [-0.05, 0) is 39.0 Å². The summed E-state index contributed by atoms with van der Waals surface area (Å²) < 4.78 is 5.71. The SMILES string of the molecule is CCOC(C)C12CC(C)CC(C1)N2. The van der Waals surface area contributed by atoms with Crippen molar-refractivity contribution in [3.8, 4) is 0 Å². The first-order chi connectivity index (χ1) is 6.16. The summed E-state index contributed by atoms with van der Waals surface area (Å²) in [4.78, 5) is 0. The van der Waals surface area contributed by atoms with E-state index in [2.05, 4.69) is 26.1 Å². The molecule has 2 aliphatic heterocycles. The van der Waals surface area contributed by atoms with Gasteiger partial charge in [0.2, 0.25) is 0 Å². The summed E-state index contributed by atoms with van der Waals surface area (Å²) in [5, 5.41) is 3.68. The maximum Gasteiger partial charge on any atom is 0.0729 e. The summed E-state index contributed by atoms with van der Waals surface area (Å²) >= 11 is 0. The maximum atomic E-state index is 5.71. The van der Waals surface area contributed by atoms with E-state index in [0.29, 0.717) is 11.6 Å². The summed E-state index contributed by atoms with van der Waals surface area (Å²) in [6, 6.07) is 0.784. The van der Waals surface area contributed by atoms with Crippen molar-refractivity contribution in [3.63, 3.8) is 0 Å². The van der Waals surface area contributed by atoms with Crippen molar-refractivity contribution in [2.24, 2.45) is 5.92 Å². The Morgan fingerprint density at radius 3 is 2.77 bits per heavy atom. The largest absolute Gasteiger partial charge is 0.377 e. The van der Waals surface area contributed by atoms with Crippen LogP contribution in [0.4, 0.5) is 0 Å². The number of hydrogen-bond donors (Lipinski definition) is 1. The highest BCUT2D eigenvalue weighted by Crippen LogP contribution is 2.43. The van der Waals surface area contributed by atoms with Crippen LogP contribution in [0.15, 0.2) is 0 Å². The molecule has 0 amide bonds. The quantitative estimate of drug-likeness (QED) is 0.722. The molecule has 1 saturated carbocycles. The van der Waals surface area contributed by atoms with Crippen LogP contribution in [0.5, 0.6) is 0 Å². The zero-order valence-corrected chi connectivity index (χ0v) is 8.97. The van der Waals surface area contributed by atoms with E-state index in [-0.39, 0.29) is 0 Å². The summed E-state index contributed by atoms with van der Waals surface area (Å²) in [6.45, 7) is 7.49. The van der Waals surface area contributed by atoms with E-state index < -0.39 is 0 Å². The molecule has 0 aromatic heterocycles. The second kappa shape index (κ2) is 3.25. The zero-order chi connectivity index (χ0) is 9.47. The Bertz CT molecular complexity index is 187. The lowest BCUT2D eigenvalue weighted by molar-refractivity contribution is -0.0830. The lowest BCUT2D eigenvalue weighted by Crippen LogP contribution is -2.72. The summed E-state index contributed by atoms with van der Waals surface area (Å²) in [6.07, 6.45) is 4.38. The third-order valence-corrected chi connectivity index (χ3v) is 3.70. The van der Waals surface area contributed by atoms with Crippen LogP contribution >= 0.6 is 0 Å². The third-order valence-electron chi connectivity index (χ3n) is 3.70. The minimum Gasteiger partial charge on any atom is -0.377 e. The topological polar surface area (TPSA) is 21.3 Å². The predicted molar refractivity (Wildman–Crippen MR) is 53.8 cm³/mol. The molecule has 2 saturated heterocycles. The van der Waals surface area contributed by atoms with Gasteiger partial charge in [-0.2, -0.15) is 0 Å². The average molecular weight is 183 g/mol. The molecule has 1 N–H and O–H groups in total. The van der Waals surface area contributed by atoms with E-state index in [0.717, 1.165) is 18.6 Å². The second-order valence-corrected chi connectivity index (χ2v) is 4.84. The van der Waals surface area contributed by atoms with Crippen LogP contribution in [-0.2, 0) is 4.74 Å².